The van der Waals surface area contributed by atoms with Crippen molar-refractivity contribution in [2.24, 2.45) is 7.05 Å². The summed E-state index contributed by atoms with van der Waals surface area (Å²) in [5.41, 5.74) is 4.60. The highest BCUT2D eigenvalue weighted by Crippen LogP contribution is 2.31. The van der Waals surface area contributed by atoms with Crippen molar-refractivity contribution in [2.45, 2.75) is 50.7 Å². The molecule has 0 bridgehead atoms. The van der Waals surface area contributed by atoms with E-state index in [2.05, 4.69) is 38.9 Å². The van der Waals surface area contributed by atoms with Gasteiger partial charge in [0.05, 0.1) is 17.8 Å². The number of nitrogens with zero attached hydrogens (tertiary/aromatic N) is 5. The van der Waals surface area contributed by atoms with Crippen molar-refractivity contribution in [1.82, 2.24) is 20.1 Å². The van der Waals surface area contributed by atoms with Crippen molar-refractivity contribution in [3.05, 3.63) is 96.4 Å². The van der Waals surface area contributed by atoms with E-state index >= 15 is 0 Å². The molecule has 1 aliphatic carbocycles. The maximum absolute atomic E-state index is 13.8. The van der Waals surface area contributed by atoms with Crippen molar-refractivity contribution in [2.75, 3.05) is 10.2 Å². The molecule has 1 atom stereocenters. The monoisotopic (exact) mass is 519 g/mol. The molecule has 1 unspecified atom stereocenters. The van der Waals surface area contributed by atoms with Gasteiger partial charge in [-0.25, -0.2) is 9.78 Å². The second-order valence-corrected chi connectivity index (χ2v) is 10.1. The van der Waals surface area contributed by atoms with Crippen LogP contribution in [-0.4, -0.2) is 32.9 Å². The average Bonchev–Trinajstić information content (AvgIpc) is 3.41. The van der Waals surface area contributed by atoms with Crippen LogP contribution in [0.2, 0.25) is 0 Å². The quantitative estimate of drug-likeness (QED) is 0.309. The van der Waals surface area contributed by atoms with Gasteiger partial charge >= 0.3 is 6.03 Å². The molecule has 198 valence electrons. The van der Waals surface area contributed by atoms with E-state index in [4.69, 9.17) is 5.26 Å². The minimum atomic E-state index is -0.115. The summed E-state index contributed by atoms with van der Waals surface area (Å²) in [5, 5.41) is 20.0. The zero-order valence-electron chi connectivity index (χ0n) is 22.3. The predicted octanol–water partition coefficient (Wildman–Crippen LogP) is 6.05. The first-order valence-corrected chi connectivity index (χ1v) is 13.4. The number of hydrogen-bond acceptors (Lipinski definition) is 5. The second kappa shape index (κ2) is 11.8. The first-order valence-electron chi connectivity index (χ1n) is 13.4. The largest absolute Gasteiger partial charge is 0.367 e. The van der Waals surface area contributed by atoms with E-state index in [-0.39, 0.29) is 24.2 Å². The van der Waals surface area contributed by atoms with Gasteiger partial charge in [0.25, 0.3) is 0 Å². The van der Waals surface area contributed by atoms with Crippen molar-refractivity contribution in [1.29, 1.82) is 5.26 Å². The fourth-order valence-electron chi connectivity index (χ4n) is 5.19. The number of amides is 2. The number of urea groups is 1. The number of aromatic nitrogens is 3. The number of pyridine rings is 1. The third-order valence-corrected chi connectivity index (χ3v) is 7.35. The van der Waals surface area contributed by atoms with Crippen LogP contribution in [0.5, 0.6) is 0 Å². The molecule has 0 aliphatic heterocycles. The van der Waals surface area contributed by atoms with Crippen molar-refractivity contribution in [3.8, 4) is 17.2 Å². The standard InChI is InChI=1S/C31H33N7O/c1-22(24-6-4-3-5-7-24)35-31(39)38(28-13-9-25(10-14-28)26-20-34-37(2)21-26)29-15-11-27(12-16-29)36-30-17-8-23(18-32)19-33-30/h3-10,13-14,17,19-22,27,29H,11-12,15-16H2,1-2H3,(H,33,36)(H,35,39). The lowest BCUT2D eigenvalue weighted by molar-refractivity contribution is 0.238. The maximum atomic E-state index is 13.8. The molecule has 8 heteroatoms. The van der Waals surface area contributed by atoms with Gasteiger partial charge in [-0.15, -0.1) is 0 Å². The highest BCUT2D eigenvalue weighted by atomic mass is 16.2. The summed E-state index contributed by atoms with van der Waals surface area (Å²) in [6.45, 7) is 2.02. The second-order valence-electron chi connectivity index (χ2n) is 10.1. The minimum Gasteiger partial charge on any atom is -0.367 e. The summed E-state index contributed by atoms with van der Waals surface area (Å²) < 4.78 is 1.79. The Morgan fingerprint density at radius 2 is 1.74 bits per heavy atom. The average molecular weight is 520 g/mol. The Bertz CT molecular complexity index is 1420. The minimum absolute atomic E-state index is 0.0733. The van der Waals surface area contributed by atoms with E-state index in [1.54, 1.807) is 16.9 Å². The van der Waals surface area contributed by atoms with Gasteiger partial charge in [-0.2, -0.15) is 10.4 Å². The van der Waals surface area contributed by atoms with Gasteiger partial charge in [0, 0.05) is 42.8 Å². The summed E-state index contributed by atoms with van der Waals surface area (Å²) in [6, 6.07) is 24.0. The Kier molecular flexibility index (Phi) is 7.88. The predicted molar refractivity (Wildman–Crippen MR) is 153 cm³/mol. The Balaban J connectivity index is 1.32. The van der Waals surface area contributed by atoms with E-state index in [9.17, 15) is 4.79 Å². The van der Waals surface area contributed by atoms with Crippen LogP contribution in [0.25, 0.3) is 11.1 Å². The molecular weight excluding hydrogens is 486 g/mol. The van der Waals surface area contributed by atoms with Gasteiger partial charge in [0.2, 0.25) is 0 Å². The Morgan fingerprint density at radius 3 is 2.36 bits per heavy atom. The number of anilines is 2. The molecule has 39 heavy (non-hydrogen) atoms. The van der Waals surface area contributed by atoms with Crippen molar-refractivity contribution in [3.63, 3.8) is 0 Å². The molecule has 1 fully saturated rings. The lowest BCUT2D eigenvalue weighted by Gasteiger charge is -2.38. The molecule has 2 heterocycles. The smallest absolute Gasteiger partial charge is 0.322 e. The highest BCUT2D eigenvalue weighted by Gasteiger charge is 2.31. The lowest BCUT2D eigenvalue weighted by Crippen LogP contribution is -2.49. The molecule has 2 aromatic carbocycles. The van der Waals surface area contributed by atoms with Gasteiger partial charge in [0.1, 0.15) is 11.9 Å². The van der Waals surface area contributed by atoms with Crippen LogP contribution in [-0.2, 0) is 7.05 Å². The Labute approximate surface area is 229 Å². The molecule has 0 spiro atoms. The number of nitriles is 1. The SMILES string of the molecule is CC(NC(=O)N(c1ccc(-c2cnn(C)c2)cc1)C1CCC(Nc2ccc(C#N)cn2)CC1)c1ccccc1. The first-order chi connectivity index (χ1) is 19.0. The summed E-state index contributed by atoms with van der Waals surface area (Å²) >= 11 is 0. The fourth-order valence-corrected chi connectivity index (χ4v) is 5.19. The van der Waals surface area contributed by atoms with Crippen LogP contribution >= 0.6 is 0 Å². The van der Waals surface area contributed by atoms with Gasteiger partial charge in [-0.3, -0.25) is 9.58 Å². The number of nitrogens with one attached hydrogen (secondary N) is 2. The van der Waals surface area contributed by atoms with Crippen LogP contribution in [0.15, 0.2) is 85.3 Å². The molecule has 8 nitrogen and oxygen atoms in total. The van der Waals surface area contributed by atoms with Crippen LogP contribution in [0.3, 0.4) is 0 Å². The molecule has 4 aromatic rings. The number of aryl methyl sites for hydroxylation is 1. The number of rotatable bonds is 7. The van der Waals surface area contributed by atoms with Gasteiger partial charge < -0.3 is 10.6 Å². The Hall–Kier alpha value is -4.64. The maximum Gasteiger partial charge on any atom is 0.322 e. The summed E-state index contributed by atoms with van der Waals surface area (Å²) in [6.07, 6.45) is 8.98. The van der Waals surface area contributed by atoms with Crippen molar-refractivity contribution >= 4 is 17.5 Å². The van der Waals surface area contributed by atoms with Crippen LogP contribution in [0.4, 0.5) is 16.3 Å². The van der Waals surface area contributed by atoms with Crippen molar-refractivity contribution < 1.29 is 4.79 Å². The van der Waals surface area contributed by atoms with Gasteiger partial charge in [-0.1, -0.05) is 42.5 Å². The van der Waals surface area contributed by atoms with Crippen LogP contribution < -0.4 is 15.5 Å². The molecule has 1 aliphatic rings. The van der Waals surface area contributed by atoms with E-state index in [0.717, 1.165) is 53.9 Å². The summed E-state index contributed by atoms with van der Waals surface area (Å²) in [7, 11) is 1.90. The van der Waals surface area contributed by atoms with E-state index in [1.165, 1.54) is 0 Å². The summed E-state index contributed by atoms with van der Waals surface area (Å²) in [4.78, 5) is 20.1. The van der Waals surface area contributed by atoms with Gasteiger partial charge in [-0.05, 0) is 68.0 Å². The van der Waals surface area contributed by atoms with Gasteiger partial charge in [0.15, 0.2) is 0 Å². The molecular formula is C31H33N7O. The molecule has 2 N–H and O–H groups in total. The zero-order chi connectivity index (χ0) is 27.2. The van der Waals surface area contributed by atoms with E-state index < -0.39 is 0 Å². The van der Waals surface area contributed by atoms with E-state index in [1.807, 2.05) is 79.8 Å². The molecule has 2 aromatic heterocycles. The normalized spacial score (nSPS) is 17.6. The highest BCUT2D eigenvalue weighted by molar-refractivity contribution is 5.93. The lowest BCUT2D eigenvalue weighted by atomic mass is 9.89. The molecule has 2 amide bonds. The summed E-state index contributed by atoms with van der Waals surface area (Å²) in [5.74, 6) is 0.773. The number of hydrogen-bond donors (Lipinski definition) is 2. The number of benzene rings is 2. The first kappa shape index (κ1) is 26.0. The van der Waals surface area contributed by atoms with Crippen LogP contribution in [0.1, 0.15) is 49.8 Å². The topological polar surface area (TPSA) is 98.9 Å². The van der Waals surface area contributed by atoms with Crippen LogP contribution in [0, 0.1) is 11.3 Å². The third kappa shape index (κ3) is 6.27. The number of carbonyl (C=O) groups is 1. The zero-order valence-corrected chi connectivity index (χ0v) is 22.3. The molecule has 5 rings (SSSR count). The molecule has 0 saturated heterocycles. The third-order valence-electron chi connectivity index (χ3n) is 7.35. The molecule has 0 radical (unpaired) electrons. The Morgan fingerprint density at radius 1 is 1.00 bits per heavy atom. The van der Waals surface area contributed by atoms with E-state index in [0.29, 0.717) is 5.56 Å². The fraction of sp³-hybridized carbons (Fsp3) is 0.290. The number of carbonyl (C=O) groups excluding carboxylic acids is 1. The molecule has 1 saturated carbocycles.